The summed E-state index contributed by atoms with van der Waals surface area (Å²) in [6.45, 7) is 6.58. The number of nitrogens with zero attached hydrogens (tertiary/aromatic N) is 3. The maximum atomic E-state index is 14.2. The number of hydrogen-bond donors (Lipinski definition) is 1. The molecule has 0 radical (unpaired) electrons. The lowest BCUT2D eigenvalue weighted by Gasteiger charge is -2.46. The first-order chi connectivity index (χ1) is 22.5. The summed E-state index contributed by atoms with van der Waals surface area (Å²) in [5.74, 6) is 1.43. The van der Waals surface area contributed by atoms with E-state index < -0.39 is 21.9 Å². The minimum Gasteiger partial charge on any atom is -0.490 e. The number of ether oxygens (including phenoxy) is 2. The van der Waals surface area contributed by atoms with E-state index in [1.54, 1.807) is 13.1 Å². The number of methoxy groups -OCH3 is 1. The molecule has 1 fully saturated rings. The molecule has 256 valence electrons. The number of urea groups is 1. The van der Waals surface area contributed by atoms with Crippen LogP contribution in [0.4, 0.5) is 10.5 Å². The summed E-state index contributed by atoms with van der Waals surface area (Å²) in [5, 5.41) is 0.752. The van der Waals surface area contributed by atoms with E-state index in [1.165, 1.54) is 16.0 Å². The third-order valence-electron chi connectivity index (χ3n) is 11.0. The molecular weight excluding hydrogens is 636 g/mol. The highest BCUT2D eigenvalue weighted by molar-refractivity contribution is 7.92. The van der Waals surface area contributed by atoms with Crippen LogP contribution in [0.5, 0.6) is 5.75 Å². The van der Waals surface area contributed by atoms with Crippen LogP contribution < -0.4 is 14.4 Å². The molecule has 2 heterocycles. The van der Waals surface area contributed by atoms with Gasteiger partial charge in [-0.1, -0.05) is 24.6 Å². The molecule has 47 heavy (non-hydrogen) atoms. The van der Waals surface area contributed by atoms with Gasteiger partial charge in [0.05, 0.1) is 24.2 Å². The molecule has 2 bridgehead atoms. The van der Waals surface area contributed by atoms with Crippen molar-refractivity contribution >= 4 is 39.1 Å². The van der Waals surface area contributed by atoms with Crippen LogP contribution in [-0.2, 0) is 26.5 Å². The third-order valence-corrected chi connectivity index (χ3v) is 13.1. The zero-order chi connectivity index (χ0) is 33.3. The van der Waals surface area contributed by atoms with E-state index in [2.05, 4.69) is 33.0 Å². The van der Waals surface area contributed by atoms with E-state index in [4.69, 9.17) is 21.1 Å². The molecule has 6 rings (SSSR count). The second-order valence-electron chi connectivity index (χ2n) is 14.2. The number of fused-ring (bicyclic) bond motifs is 4. The van der Waals surface area contributed by atoms with Crippen molar-refractivity contribution in [2.24, 2.45) is 22.1 Å². The number of halogens is 1. The van der Waals surface area contributed by atoms with Crippen molar-refractivity contribution < 1.29 is 23.3 Å². The van der Waals surface area contributed by atoms with Crippen LogP contribution in [0, 0.1) is 17.8 Å². The molecule has 1 N–H and O–H groups in total. The van der Waals surface area contributed by atoms with Crippen LogP contribution in [0.1, 0.15) is 80.3 Å². The highest BCUT2D eigenvalue weighted by Crippen LogP contribution is 2.47. The Morgan fingerprint density at radius 3 is 2.79 bits per heavy atom. The van der Waals surface area contributed by atoms with Crippen molar-refractivity contribution in [1.29, 1.82) is 0 Å². The summed E-state index contributed by atoms with van der Waals surface area (Å²) in [5.41, 5.74) is 3.52. The molecular formula is C36H49ClN4O5S. The molecule has 6 atom stereocenters. The standard InChI is InChI=1S/C36H49ClN4O5S/c1-5-40(3)35(43)39-47(44)17-7-8-24(2)18-33(45-4)29-13-10-27(29)21-41-22-36(16-6-9-25-19-28(37)12-14-30(25)36)23-46-32-15-11-26(20-31(32)41)34(42)38-47/h11-12,14-15,19-20,24,27,29,33H,5-10,13,16-18,21-23H2,1-4H3,(H,38,39,42,43,44)/t24?,27-,29+,33-,36-,47?/m0/s1. The predicted molar refractivity (Wildman–Crippen MR) is 187 cm³/mol. The summed E-state index contributed by atoms with van der Waals surface area (Å²) >= 11 is 6.45. The Bertz CT molecular complexity index is 1630. The van der Waals surface area contributed by atoms with Crippen molar-refractivity contribution in [1.82, 2.24) is 9.62 Å². The molecule has 0 aromatic heterocycles. The van der Waals surface area contributed by atoms with Gasteiger partial charge in [0, 0.05) is 49.8 Å². The lowest BCUT2D eigenvalue weighted by molar-refractivity contribution is -0.0288. The maximum absolute atomic E-state index is 14.2. The number of amides is 3. The number of rotatable bonds is 3. The van der Waals surface area contributed by atoms with Gasteiger partial charge in [-0.05, 0) is 118 Å². The zero-order valence-corrected chi connectivity index (χ0v) is 29.7. The summed E-state index contributed by atoms with van der Waals surface area (Å²) < 4.78 is 33.8. The average Bonchev–Trinajstić information content (AvgIpc) is 3.18. The van der Waals surface area contributed by atoms with Gasteiger partial charge in [0.2, 0.25) is 0 Å². The lowest BCUT2D eigenvalue weighted by Crippen LogP contribution is -2.50. The first-order valence-corrected chi connectivity index (χ1v) is 19.2. The summed E-state index contributed by atoms with van der Waals surface area (Å²) in [6.07, 6.45) is 7.69. The van der Waals surface area contributed by atoms with Crippen LogP contribution in [0.15, 0.2) is 40.8 Å². The highest BCUT2D eigenvalue weighted by atomic mass is 35.5. The number of aryl methyl sites for hydroxylation is 1. The monoisotopic (exact) mass is 684 g/mol. The number of carbonyl (C=O) groups is 2. The van der Waals surface area contributed by atoms with E-state index >= 15 is 0 Å². The molecule has 3 amide bonds. The molecule has 2 aromatic carbocycles. The molecule has 0 saturated heterocycles. The van der Waals surface area contributed by atoms with E-state index in [1.807, 2.05) is 32.2 Å². The fourth-order valence-electron chi connectivity index (χ4n) is 8.09. The molecule has 2 aliphatic heterocycles. The Kier molecular flexibility index (Phi) is 10.1. The van der Waals surface area contributed by atoms with Crippen LogP contribution in [0.2, 0.25) is 5.02 Å². The SMILES string of the molecule is CCN(C)C(=O)NS1(=O)=NC(=O)c2ccc3c(c2)N(C[C@@H]2CC[C@H]2[C@@H](OC)CC(C)CCC1)C[C@@]1(CCCc2cc(Cl)ccc21)CO3. The minimum atomic E-state index is -3.37. The van der Waals surface area contributed by atoms with Crippen LogP contribution >= 0.6 is 11.6 Å². The Labute approximate surface area is 285 Å². The summed E-state index contributed by atoms with van der Waals surface area (Å²) in [7, 11) is 0.0760. The molecule has 4 aliphatic rings. The second-order valence-corrected chi connectivity index (χ2v) is 16.7. The van der Waals surface area contributed by atoms with E-state index in [0.717, 1.165) is 74.5 Å². The van der Waals surface area contributed by atoms with Gasteiger partial charge < -0.3 is 19.3 Å². The van der Waals surface area contributed by atoms with E-state index in [-0.39, 0.29) is 17.3 Å². The van der Waals surface area contributed by atoms with Gasteiger partial charge in [-0.25, -0.2) is 9.00 Å². The summed E-state index contributed by atoms with van der Waals surface area (Å²) in [4.78, 5) is 30.5. The predicted octanol–water partition coefficient (Wildman–Crippen LogP) is 6.86. The normalized spacial score (nSPS) is 30.9. The first kappa shape index (κ1) is 34.1. The molecule has 9 nitrogen and oxygen atoms in total. The third kappa shape index (κ3) is 7.15. The van der Waals surface area contributed by atoms with Crippen molar-refractivity contribution in [3.8, 4) is 5.75 Å². The average molecular weight is 685 g/mol. The smallest absolute Gasteiger partial charge is 0.329 e. The zero-order valence-electron chi connectivity index (χ0n) is 28.1. The van der Waals surface area contributed by atoms with Gasteiger partial charge in [0.25, 0.3) is 5.91 Å². The van der Waals surface area contributed by atoms with Gasteiger partial charge in [-0.15, -0.1) is 4.36 Å². The number of nitrogens with one attached hydrogen (secondary N) is 1. The Morgan fingerprint density at radius 1 is 1.21 bits per heavy atom. The van der Waals surface area contributed by atoms with Crippen LogP contribution in [0.25, 0.3) is 0 Å². The highest BCUT2D eigenvalue weighted by Gasteiger charge is 2.44. The van der Waals surface area contributed by atoms with Crippen molar-refractivity contribution in [2.45, 2.75) is 76.7 Å². The van der Waals surface area contributed by atoms with Crippen molar-refractivity contribution in [3.05, 3.63) is 58.1 Å². The number of anilines is 1. The second kappa shape index (κ2) is 14.0. The fourth-order valence-corrected chi connectivity index (χ4v) is 9.89. The molecule has 1 spiro atoms. The number of hydrogen-bond acceptors (Lipinski definition) is 6. The Morgan fingerprint density at radius 2 is 2.04 bits per heavy atom. The summed E-state index contributed by atoms with van der Waals surface area (Å²) in [6, 6.07) is 11.2. The fraction of sp³-hybridized carbons (Fsp3) is 0.611. The van der Waals surface area contributed by atoms with Gasteiger partial charge in [-0.3, -0.25) is 9.52 Å². The molecule has 1 saturated carbocycles. The van der Waals surface area contributed by atoms with Crippen LogP contribution in [0.3, 0.4) is 0 Å². The van der Waals surface area contributed by atoms with Crippen molar-refractivity contribution in [2.75, 3.05) is 51.1 Å². The van der Waals surface area contributed by atoms with Gasteiger partial charge in [-0.2, -0.15) is 0 Å². The van der Waals surface area contributed by atoms with E-state index in [9.17, 15) is 13.8 Å². The minimum absolute atomic E-state index is 0.0994. The molecule has 2 aliphatic carbocycles. The first-order valence-electron chi connectivity index (χ1n) is 17.2. The Hall–Kier alpha value is -2.82. The van der Waals surface area contributed by atoms with Gasteiger partial charge >= 0.3 is 6.03 Å². The van der Waals surface area contributed by atoms with Gasteiger partial charge in [0.15, 0.2) is 0 Å². The molecule has 11 heteroatoms. The number of benzene rings is 2. The number of carbonyl (C=O) groups excluding carboxylic acids is 2. The Balaban J connectivity index is 1.43. The molecule has 2 aromatic rings. The van der Waals surface area contributed by atoms with Crippen molar-refractivity contribution in [3.63, 3.8) is 0 Å². The lowest BCUT2D eigenvalue weighted by atomic mass is 9.67. The van der Waals surface area contributed by atoms with Gasteiger partial charge in [0.1, 0.15) is 15.7 Å². The molecule has 2 unspecified atom stereocenters. The maximum Gasteiger partial charge on any atom is 0.329 e. The topological polar surface area (TPSA) is 101 Å². The largest absolute Gasteiger partial charge is 0.490 e. The van der Waals surface area contributed by atoms with E-state index in [0.29, 0.717) is 42.9 Å². The van der Waals surface area contributed by atoms with Crippen LogP contribution in [-0.4, -0.2) is 73.3 Å². The quantitative estimate of drug-likeness (QED) is 0.379.